The summed E-state index contributed by atoms with van der Waals surface area (Å²) in [6.07, 6.45) is 3.17. The molecule has 0 spiro atoms. The van der Waals surface area contributed by atoms with Crippen LogP contribution in [0.4, 0.5) is 10.5 Å². The van der Waals surface area contributed by atoms with Crippen molar-refractivity contribution in [1.29, 1.82) is 0 Å². The molecule has 1 aromatic heterocycles. The lowest BCUT2D eigenvalue weighted by Gasteiger charge is -2.15. The molecule has 2 aromatic rings. The average molecular weight is 320 g/mol. The summed E-state index contributed by atoms with van der Waals surface area (Å²) in [6.45, 7) is 2.68. The predicted molar refractivity (Wildman–Crippen MR) is 88.2 cm³/mol. The number of urea groups is 1. The summed E-state index contributed by atoms with van der Waals surface area (Å²) >= 11 is 1.75. The number of hydrogen-bond donors (Lipinski definition) is 3. The second-order valence-corrected chi connectivity index (χ2v) is 5.89. The minimum atomic E-state index is -0.257. The van der Waals surface area contributed by atoms with Crippen LogP contribution in [-0.2, 0) is 4.74 Å². The summed E-state index contributed by atoms with van der Waals surface area (Å²) in [5, 5.41) is 12.0. The van der Waals surface area contributed by atoms with Crippen molar-refractivity contribution in [3.05, 3.63) is 42.2 Å². The molecule has 0 saturated carbocycles. The smallest absolute Gasteiger partial charge is 0.319 e. The second kappa shape index (κ2) is 8.45. The predicted octanol–water partition coefficient (Wildman–Crippen LogP) is 3.03. The van der Waals surface area contributed by atoms with Crippen LogP contribution < -0.4 is 10.6 Å². The Balaban J connectivity index is 1.83. The Morgan fingerprint density at radius 2 is 2.18 bits per heavy atom. The Morgan fingerprint density at radius 3 is 2.82 bits per heavy atom. The molecule has 2 rings (SSSR count). The number of nitrogens with one attached hydrogen (secondary N) is 3. The maximum atomic E-state index is 11.9. The summed E-state index contributed by atoms with van der Waals surface area (Å²) in [5.74, 6) is 0.927. The van der Waals surface area contributed by atoms with E-state index in [1.165, 1.54) is 4.90 Å². The number of ether oxygens (including phenoxy) is 1. The van der Waals surface area contributed by atoms with Gasteiger partial charge in [-0.3, -0.25) is 5.10 Å². The fourth-order valence-corrected chi connectivity index (χ4v) is 2.68. The van der Waals surface area contributed by atoms with Gasteiger partial charge in [-0.05, 0) is 24.6 Å². The minimum absolute atomic E-state index is 0.0788. The van der Waals surface area contributed by atoms with Crippen molar-refractivity contribution in [2.24, 2.45) is 0 Å². The number of carbonyl (C=O) groups is 1. The third-order valence-corrected chi connectivity index (χ3v) is 4.02. The van der Waals surface area contributed by atoms with E-state index >= 15 is 0 Å². The molecule has 0 aliphatic heterocycles. The second-order valence-electron chi connectivity index (χ2n) is 4.72. The van der Waals surface area contributed by atoms with Gasteiger partial charge in [-0.2, -0.15) is 5.10 Å². The van der Waals surface area contributed by atoms with Crippen molar-refractivity contribution >= 4 is 23.5 Å². The average Bonchev–Trinajstić information content (AvgIpc) is 3.01. The normalized spacial score (nSPS) is 11.9. The molecule has 3 N–H and O–H groups in total. The number of methoxy groups -OCH3 is 1. The number of thioether (sulfide) groups is 1. The van der Waals surface area contributed by atoms with Crippen LogP contribution in [0, 0.1) is 0 Å². The highest BCUT2D eigenvalue weighted by Gasteiger charge is 2.10. The summed E-state index contributed by atoms with van der Waals surface area (Å²) in [7, 11) is 1.70. The molecule has 1 heterocycles. The molecule has 118 valence electrons. The van der Waals surface area contributed by atoms with Gasteiger partial charge >= 0.3 is 6.03 Å². The SMILES string of the molecule is COCCSc1ccc([C@@H](C)NC(=O)Nc2cn[nH]c2)cc1. The number of benzene rings is 1. The van der Waals surface area contributed by atoms with Gasteiger partial charge in [-0.1, -0.05) is 12.1 Å². The van der Waals surface area contributed by atoms with Crippen molar-refractivity contribution in [1.82, 2.24) is 15.5 Å². The maximum Gasteiger partial charge on any atom is 0.319 e. The largest absolute Gasteiger partial charge is 0.384 e. The van der Waals surface area contributed by atoms with Gasteiger partial charge in [0.25, 0.3) is 0 Å². The molecule has 7 heteroatoms. The summed E-state index contributed by atoms with van der Waals surface area (Å²) < 4.78 is 5.03. The van der Waals surface area contributed by atoms with Crippen molar-refractivity contribution < 1.29 is 9.53 Å². The lowest BCUT2D eigenvalue weighted by molar-refractivity contribution is 0.218. The lowest BCUT2D eigenvalue weighted by atomic mass is 10.1. The third kappa shape index (κ3) is 5.09. The van der Waals surface area contributed by atoms with Crippen molar-refractivity contribution in [2.75, 3.05) is 24.8 Å². The first-order valence-electron chi connectivity index (χ1n) is 6.97. The molecule has 22 heavy (non-hydrogen) atoms. The number of nitrogens with zero attached hydrogens (tertiary/aromatic N) is 1. The highest BCUT2D eigenvalue weighted by atomic mass is 32.2. The van der Waals surface area contributed by atoms with Crippen LogP contribution in [0.15, 0.2) is 41.6 Å². The monoisotopic (exact) mass is 320 g/mol. The molecule has 2 amide bonds. The quantitative estimate of drug-likeness (QED) is 0.541. The molecule has 0 fully saturated rings. The molecule has 0 saturated heterocycles. The van der Waals surface area contributed by atoms with Crippen LogP contribution in [0.1, 0.15) is 18.5 Å². The first kappa shape index (κ1) is 16.4. The van der Waals surface area contributed by atoms with Crippen LogP contribution >= 0.6 is 11.8 Å². The minimum Gasteiger partial charge on any atom is -0.384 e. The van der Waals surface area contributed by atoms with Gasteiger partial charge in [0.15, 0.2) is 0 Å². The molecular weight excluding hydrogens is 300 g/mol. The van der Waals surface area contributed by atoms with E-state index in [0.717, 1.165) is 17.9 Å². The van der Waals surface area contributed by atoms with Crippen LogP contribution in [-0.4, -0.2) is 35.7 Å². The van der Waals surface area contributed by atoms with Crippen molar-refractivity contribution in [2.45, 2.75) is 17.9 Å². The van der Waals surface area contributed by atoms with Crippen LogP contribution in [0.3, 0.4) is 0 Å². The van der Waals surface area contributed by atoms with Gasteiger partial charge in [0.2, 0.25) is 0 Å². The molecule has 0 bridgehead atoms. The highest BCUT2D eigenvalue weighted by molar-refractivity contribution is 7.99. The molecule has 1 aromatic carbocycles. The standard InChI is InChI=1S/C15H20N4O2S/c1-11(18-15(20)19-13-9-16-17-10-13)12-3-5-14(6-4-12)22-8-7-21-2/h3-6,9-11H,7-8H2,1-2H3,(H,16,17)(H2,18,19,20)/t11-/m1/s1. The summed E-state index contributed by atoms with van der Waals surface area (Å²) in [4.78, 5) is 13.0. The molecule has 0 aliphatic carbocycles. The maximum absolute atomic E-state index is 11.9. The van der Waals surface area contributed by atoms with Gasteiger partial charge in [0.1, 0.15) is 0 Å². The van der Waals surface area contributed by atoms with Crippen LogP contribution in [0.2, 0.25) is 0 Å². The molecule has 1 atom stereocenters. The summed E-state index contributed by atoms with van der Waals surface area (Å²) in [6, 6.07) is 7.83. The van der Waals surface area contributed by atoms with Crippen LogP contribution in [0.5, 0.6) is 0 Å². The Morgan fingerprint density at radius 1 is 1.41 bits per heavy atom. The number of rotatable bonds is 7. The molecule has 0 unspecified atom stereocenters. The topological polar surface area (TPSA) is 79.0 Å². The van der Waals surface area contributed by atoms with Gasteiger partial charge in [0.05, 0.1) is 24.5 Å². The molecule has 0 aliphatic rings. The number of H-pyrrole nitrogens is 1. The lowest BCUT2D eigenvalue weighted by Crippen LogP contribution is -2.31. The number of aromatic amines is 1. The van der Waals surface area contributed by atoms with Crippen molar-refractivity contribution in [3.63, 3.8) is 0 Å². The Hall–Kier alpha value is -1.99. The fourth-order valence-electron chi connectivity index (χ4n) is 1.86. The van der Waals surface area contributed by atoms with E-state index in [1.807, 2.05) is 19.1 Å². The van der Waals surface area contributed by atoms with E-state index in [0.29, 0.717) is 5.69 Å². The Kier molecular flexibility index (Phi) is 6.29. The zero-order valence-corrected chi connectivity index (χ0v) is 13.4. The Labute approximate surface area is 134 Å². The van der Waals surface area contributed by atoms with Crippen LogP contribution in [0.25, 0.3) is 0 Å². The number of carbonyl (C=O) groups excluding carboxylic acids is 1. The van der Waals surface area contributed by atoms with Gasteiger partial charge in [-0.25, -0.2) is 4.79 Å². The zero-order chi connectivity index (χ0) is 15.8. The number of amides is 2. The van der Waals surface area contributed by atoms with E-state index in [-0.39, 0.29) is 12.1 Å². The van der Waals surface area contributed by atoms with E-state index in [1.54, 1.807) is 31.3 Å². The number of aromatic nitrogens is 2. The van der Waals surface area contributed by atoms with E-state index in [2.05, 4.69) is 33.0 Å². The molecular formula is C15H20N4O2S. The first-order chi connectivity index (χ1) is 10.7. The molecule has 0 radical (unpaired) electrons. The summed E-state index contributed by atoms with van der Waals surface area (Å²) in [5.41, 5.74) is 1.69. The number of hydrogen-bond acceptors (Lipinski definition) is 4. The Bertz CT molecular complexity index is 572. The fraction of sp³-hybridized carbons (Fsp3) is 0.333. The van der Waals surface area contributed by atoms with E-state index in [9.17, 15) is 4.79 Å². The third-order valence-electron chi connectivity index (χ3n) is 3.04. The van der Waals surface area contributed by atoms with E-state index < -0.39 is 0 Å². The molecule has 6 nitrogen and oxygen atoms in total. The first-order valence-corrected chi connectivity index (χ1v) is 7.95. The number of anilines is 1. The highest BCUT2D eigenvalue weighted by Crippen LogP contribution is 2.21. The zero-order valence-electron chi connectivity index (χ0n) is 12.6. The van der Waals surface area contributed by atoms with Gasteiger partial charge in [0, 0.05) is 24.0 Å². The van der Waals surface area contributed by atoms with Crippen molar-refractivity contribution in [3.8, 4) is 0 Å². The van der Waals surface area contributed by atoms with E-state index in [4.69, 9.17) is 4.74 Å². The van der Waals surface area contributed by atoms with Gasteiger partial charge in [-0.15, -0.1) is 11.8 Å². The van der Waals surface area contributed by atoms with Gasteiger partial charge < -0.3 is 15.4 Å².